The van der Waals surface area contributed by atoms with E-state index in [-0.39, 0.29) is 6.29 Å². The van der Waals surface area contributed by atoms with Gasteiger partial charge < -0.3 is 5.32 Å². The fraction of sp³-hybridized carbons (Fsp3) is 0.0233. The molecule has 0 aliphatic carbocycles. The van der Waals surface area contributed by atoms with Crippen LogP contribution in [0.1, 0.15) is 11.9 Å². The fourth-order valence-corrected chi connectivity index (χ4v) is 8.36. The Bertz CT molecular complexity index is 2810. The third-order valence-corrected chi connectivity index (χ3v) is 10.6. The molecule has 1 unspecified atom stereocenters. The summed E-state index contributed by atoms with van der Waals surface area (Å²) in [6.07, 6.45) is -0.358. The highest BCUT2D eigenvalue weighted by Gasteiger charge is 2.24. The number of nitrogens with zero attached hydrogens (tertiary/aromatic N) is 3. The zero-order valence-corrected chi connectivity index (χ0v) is 26.7. The first-order chi connectivity index (χ1) is 23.8. The molecular weight excluding hydrogens is 605 g/mol. The van der Waals surface area contributed by atoms with Crippen molar-refractivity contribution in [3.63, 3.8) is 0 Å². The first-order valence-corrected chi connectivity index (χ1v) is 17.0. The molecule has 7 aromatic carbocycles. The van der Waals surface area contributed by atoms with Gasteiger partial charge in [-0.15, -0.1) is 11.3 Å². The summed E-state index contributed by atoms with van der Waals surface area (Å²) in [4.78, 5) is 10.4. The van der Waals surface area contributed by atoms with Crippen LogP contribution in [0.4, 0.5) is 0 Å². The van der Waals surface area contributed by atoms with Gasteiger partial charge in [0, 0.05) is 21.6 Å². The van der Waals surface area contributed by atoms with E-state index in [2.05, 4.69) is 162 Å². The Kier molecular flexibility index (Phi) is 6.08. The molecule has 1 atom stereocenters. The smallest absolute Gasteiger partial charge is 0.201 e. The standard InChI is InChI=1S/C43H28N4S/c1-2-12-30(13-3-1)42-44-37-26-25-34-33-16-7-9-20-38(33)47(40(34)41(37)48-42)43-45-36-19-8-6-17-35(36)39(46-43)29-23-21-28(22-24-29)32-18-10-14-27-11-4-5-15-31(27)32/h1-26,43,46H. The zero-order valence-electron chi connectivity index (χ0n) is 25.8. The van der Waals surface area contributed by atoms with E-state index in [1.165, 1.54) is 37.4 Å². The summed E-state index contributed by atoms with van der Waals surface area (Å²) < 4.78 is 3.54. The number of rotatable bonds is 4. The van der Waals surface area contributed by atoms with E-state index in [1.54, 1.807) is 11.3 Å². The molecule has 0 fully saturated rings. The third-order valence-electron chi connectivity index (χ3n) is 9.47. The summed E-state index contributed by atoms with van der Waals surface area (Å²) in [7, 11) is 0. The number of benzene rings is 7. The SMILES string of the molecule is c1ccc(-c2nc3ccc4c5ccccc5n(C5N=c6ccccc6=C(c6ccc(-c7cccc8ccccc78)cc6)N5)c4c3s2)cc1. The van der Waals surface area contributed by atoms with E-state index in [4.69, 9.17) is 9.98 Å². The normalized spacial score (nSPS) is 14.3. The number of para-hydroxylation sites is 2. The first kappa shape index (κ1) is 27.1. The van der Waals surface area contributed by atoms with Gasteiger partial charge in [-0.2, -0.15) is 0 Å². The second kappa shape index (κ2) is 10.8. The predicted octanol–water partition coefficient (Wildman–Crippen LogP) is 9.43. The lowest BCUT2D eigenvalue weighted by Gasteiger charge is -2.25. The van der Waals surface area contributed by atoms with Gasteiger partial charge in [-0.3, -0.25) is 4.57 Å². The number of thiazole rings is 1. The number of nitrogens with one attached hydrogen (secondary N) is 1. The average Bonchev–Trinajstić information content (AvgIpc) is 3.74. The molecule has 0 radical (unpaired) electrons. The minimum absolute atomic E-state index is 0.358. The monoisotopic (exact) mass is 632 g/mol. The van der Waals surface area contributed by atoms with Crippen LogP contribution in [0.3, 0.4) is 0 Å². The Hall–Kier alpha value is -6.04. The molecule has 5 heteroatoms. The molecule has 0 saturated heterocycles. The average molecular weight is 633 g/mol. The minimum Gasteiger partial charge on any atom is -0.345 e. The van der Waals surface area contributed by atoms with Crippen LogP contribution < -0.4 is 15.9 Å². The molecule has 10 rings (SSSR count). The molecule has 0 bridgehead atoms. The Morgan fingerprint density at radius 2 is 1.29 bits per heavy atom. The van der Waals surface area contributed by atoms with Crippen LogP contribution in [0.15, 0.2) is 163 Å². The van der Waals surface area contributed by atoms with Gasteiger partial charge >= 0.3 is 0 Å². The van der Waals surface area contributed by atoms with Gasteiger partial charge in [0.1, 0.15) is 5.01 Å². The zero-order chi connectivity index (χ0) is 31.6. The predicted molar refractivity (Wildman–Crippen MR) is 199 cm³/mol. The van der Waals surface area contributed by atoms with E-state index < -0.39 is 0 Å². The van der Waals surface area contributed by atoms with Gasteiger partial charge in [-0.05, 0) is 51.7 Å². The summed E-state index contributed by atoms with van der Waals surface area (Å²) in [6, 6.07) is 56.0. The summed E-state index contributed by atoms with van der Waals surface area (Å²) in [5, 5.41) is 11.9. The molecule has 1 N–H and O–H groups in total. The van der Waals surface area contributed by atoms with Gasteiger partial charge in [-0.25, -0.2) is 9.98 Å². The lowest BCUT2D eigenvalue weighted by molar-refractivity contribution is 0.490. The van der Waals surface area contributed by atoms with E-state index in [0.29, 0.717) is 0 Å². The first-order valence-electron chi connectivity index (χ1n) is 16.2. The second-order valence-corrected chi connectivity index (χ2v) is 13.2. The fourth-order valence-electron chi connectivity index (χ4n) is 7.25. The Balaban J connectivity index is 1.15. The van der Waals surface area contributed by atoms with Crippen molar-refractivity contribution in [2.24, 2.45) is 4.99 Å². The van der Waals surface area contributed by atoms with Gasteiger partial charge in [-0.1, -0.05) is 133 Å². The topological polar surface area (TPSA) is 42.2 Å². The molecule has 0 spiro atoms. The van der Waals surface area contributed by atoms with Crippen molar-refractivity contribution in [2.45, 2.75) is 6.29 Å². The summed E-state index contributed by atoms with van der Waals surface area (Å²) in [5.41, 5.74) is 9.06. The van der Waals surface area contributed by atoms with Crippen molar-refractivity contribution in [2.75, 3.05) is 0 Å². The van der Waals surface area contributed by atoms with Crippen LogP contribution >= 0.6 is 11.3 Å². The van der Waals surface area contributed by atoms with Crippen LogP contribution in [0.5, 0.6) is 0 Å². The van der Waals surface area contributed by atoms with Gasteiger partial charge in [0.25, 0.3) is 0 Å². The maximum absolute atomic E-state index is 5.35. The van der Waals surface area contributed by atoms with Crippen molar-refractivity contribution in [3.8, 4) is 21.7 Å². The maximum atomic E-state index is 5.35. The number of aromatic nitrogens is 2. The molecule has 0 saturated carbocycles. The second-order valence-electron chi connectivity index (χ2n) is 12.2. The molecule has 0 amide bonds. The highest BCUT2D eigenvalue weighted by molar-refractivity contribution is 7.22. The van der Waals surface area contributed by atoms with Gasteiger partial charge in [0.2, 0.25) is 6.29 Å². The lowest BCUT2D eigenvalue weighted by atomic mass is 9.97. The highest BCUT2D eigenvalue weighted by atomic mass is 32.1. The number of hydrogen-bond donors (Lipinski definition) is 1. The van der Waals surface area contributed by atoms with Crippen molar-refractivity contribution in [1.82, 2.24) is 14.9 Å². The van der Waals surface area contributed by atoms with Gasteiger partial charge in [0.15, 0.2) is 0 Å². The maximum Gasteiger partial charge on any atom is 0.201 e. The van der Waals surface area contributed by atoms with Crippen LogP contribution in [-0.4, -0.2) is 9.55 Å². The lowest BCUT2D eigenvalue weighted by Crippen LogP contribution is -2.41. The molecule has 4 nitrogen and oxygen atoms in total. The highest BCUT2D eigenvalue weighted by Crippen LogP contribution is 2.41. The minimum atomic E-state index is -0.358. The van der Waals surface area contributed by atoms with E-state index in [0.717, 1.165) is 49.0 Å². The summed E-state index contributed by atoms with van der Waals surface area (Å²) in [6.45, 7) is 0. The summed E-state index contributed by atoms with van der Waals surface area (Å²) >= 11 is 1.75. The number of hydrogen-bond acceptors (Lipinski definition) is 4. The number of fused-ring (bicyclic) bond motifs is 7. The molecule has 1 aliphatic heterocycles. The van der Waals surface area contributed by atoms with Crippen molar-refractivity contribution in [3.05, 3.63) is 174 Å². The van der Waals surface area contributed by atoms with Crippen LogP contribution in [0.25, 0.3) is 70.2 Å². The van der Waals surface area contributed by atoms with Crippen LogP contribution in [-0.2, 0) is 0 Å². The Morgan fingerprint density at radius 1 is 0.562 bits per heavy atom. The van der Waals surface area contributed by atoms with Crippen molar-refractivity contribution >= 4 is 59.8 Å². The quantitative estimate of drug-likeness (QED) is 0.210. The van der Waals surface area contributed by atoms with Crippen LogP contribution in [0, 0.1) is 0 Å². The van der Waals surface area contributed by atoms with E-state index in [1.807, 2.05) is 6.07 Å². The van der Waals surface area contributed by atoms with Crippen molar-refractivity contribution in [1.29, 1.82) is 0 Å². The molecule has 3 heterocycles. The van der Waals surface area contributed by atoms with Crippen molar-refractivity contribution < 1.29 is 0 Å². The Labute approximate surface area is 280 Å². The molecule has 1 aliphatic rings. The van der Waals surface area contributed by atoms with E-state index in [9.17, 15) is 0 Å². The molecule has 226 valence electrons. The molecule has 9 aromatic rings. The van der Waals surface area contributed by atoms with Gasteiger partial charge in [0.05, 0.1) is 32.3 Å². The molecular formula is C43H28N4S. The molecule has 48 heavy (non-hydrogen) atoms. The van der Waals surface area contributed by atoms with Crippen LogP contribution in [0.2, 0.25) is 0 Å². The third kappa shape index (κ3) is 4.21. The summed E-state index contributed by atoms with van der Waals surface area (Å²) in [5.74, 6) is 0. The largest absolute Gasteiger partial charge is 0.345 e. The Morgan fingerprint density at radius 3 is 2.19 bits per heavy atom. The molecule has 2 aromatic heterocycles. The van der Waals surface area contributed by atoms with E-state index >= 15 is 0 Å².